The lowest BCUT2D eigenvalue weighted by Gasteiger charge is -2.17. The molecule has 0 amide bonds. The van der Waals surface area contributed by atoms with Gasteiger partial charge in [-0.05, 0) is 49.7 Å². The van der Waals surface area contributed by atoms with Crippen molar-refractivity contribution in [1.29, 1.82) is 0 Å². The zero-order valence-electron chi connectivity index (χ0n) is 11.0. The van der Waals surface area contributed by atoms with E-state index in [1.807, 2.05) is 26.1 Å². The molecule has 19 heavy (non-hydrogen) atoms. The number of rotatable bonds is 4. The van der Waals surface area contributed by atoms with E-state index in [2.05, 4.69) is 10.3 Å². The minimum Gasteiger partial charge on any atom is -0.311 e. The maximum absolute atomic E-state index is 13.2. The van der Waals surface area contributed by atoms with Crippen LogP contribution in [0.15, 0.2) is 36.5 Å². The summed E-state index contributed by atoms with van der Waals surface area (Å²) in [7, 11) is 1.81. The van der Waals surface area contributed by atoms with Crippen LogP contribution in [0.5, 0.6) is 0 Å². The summed E-state index contributed by atoms with van der Waals surface area (Å²) >= 11 is 0. The second kappa shape index (κ2) is 5.89. The van der Waals surface area contributed by atoms with Crippen molar-refractivity contribution in [3.8, 4) is 0 Å². The maximum atomic E-state index is 13.2. The van der Waals surface area contributed by atoms with Gasteiger partial charge in [-0.1, -0.05) is 6.07 Å². The molecule has 1 unspecified atom stereocenters. The number of pyridine rings is 1. The molecule has 1 aromatic heterocycles. The molecule has 1 N–H and O–H groups in total. The summed E-state index contributed by atoms with van der Waals surface area (Å²) in [6.45, 7) is 1.97. The Hall–Kier alpha value is -1.81. The molecule has 1 heterocycles. The van der Waals surface area contributed by atoms with E-state index >= 15 is 0 Å². The van der Waals surface area contributed by atoms with Crippen LogP contribution in [0.3, 0.4) is 0 Å². The van der Waals surface area contributed by atoms with E-state index in [1.54, 1.807) is 6.20 Å². The van der Waals surface area contributed by atoms with Crippen LogP contribution < -0.4 is 5.32 Å². The Bertz CT molecular complexity index is 550. The number of aryl methyl sites for hydroxylation is 1. The minimum atomic E-state index is -0.553. The number of hydrogen-bond acceptors (Lipinski definition) is 2. The van der Waals surface area contributed by atoms with E-state index < -0.39 is 11.6 Å². The van der Waals surface area contributed by atoms with Crippen LogP contribution in [-0.4, -0.2) is 12.0 Å². The Labute approximate surface area is 111 Å². The summed E-state index contributed by atoms with van der Waals surface area (Å²) < 4.78 is 26.4. The Morgan fingerprint density at radius 2 is 1.89 bits per heavy atom. The standard InChI is InChI=1S/C15H16F2N2/c1-10-4-3-5-19-15(10)14(18-2)8-11-6-12(16)9-13(17)7-11/h3-7,9,14,18H,8H2,1-2H3. The molecule has 0 aliphatic heterocycles. The number of likely N-dealkylation sites (N-methyl/N-ethyl adjacent to an activating group) is 1. The lowest BCUT2D eigenvalue weighted by atomic mass is 10.00. The number of benzene rings is 1. The van der Waals surface area contributed by atoms with E-state index in [1.165, 1.54) is 12.1 Å². The number of hydrogen-bond donors (Lipinski definition) is 1. The SMILES string of the molecule is CNC(Cc1cc(F)cc(F)c1)c1ncccc1C. The van der Waals surface area contributed by atoms with Gasteiger partial charge < -0.3 is 5.32 Å². The highest BCUT2D eigenvalue weighted by Crippen LogP contribution is 2.20. The van der Waals surface area contributed by atoms with Gasteiger partial charge in [-0.3, -0.25) is 4.98 Å². The third kappa shape index (κ3) is 3.35. The fourth-order valence-corrected chi connectivity index (χ4v) is 2.16. The van der Waals surface area contributed by atoms with Crippen molar-refractivity contribution in [2.24, 2.45) is 0 Å². The van der Waals surface area contributed by atoms with E-state index in [0.717, 1.165) is 17.3 Å². The lowest BCUT2D eigenvalue weighted by molar-refractivity contribution is 0.553. The van der Waals surface area contributed by atoms with E-state index in [9.17, 15) is 8.78 Å². The van der Waals surface area contributed by atoms with Gasteiger partial charge in [0.15, 0.2) is 0 Å². The molecule has 0 spiro atoms. The van der Waals surface area contributed by atoms with Crippen molar-refractivity contribution in [2.45, 2.75) is 19.4 Å². The molecule has 0 saturated carbocycles. The Morgan fingerprint density at radius 1 is 1.21 bits per heavy atom. The summed E-state index contributed by atoms with van der Waals surface area (Å²) in [5, 5.41) is 3.14. The van der Waals surface area contributed by atoms with Gasteiger partial charge in [0.2, 0.25) is 0 Å². The molecule has 1 atom stereocenters. The number of nitrogens with zero attached hydrogens (tertiary/aromatic N) is 1. The molecule has 2 aromatic rings. The van der Waals surface area contributed by atoms with Crippen LogP contribution in [-0.2, 0) is 6.42 Å². The van der Waals surface area contributed by atoms with Crippen molar-refractivity contribution in [1.82, 2.24) is 10.3 Å². The summed E-state index contributed by atoms with van der Waals surface area (Å²) in [4.78, 5) is 4.34. The molecule has 1 aromatic carbocycles. The Balaban J connectivity index is 2.26. The Morgan fingerprint density at radius 3 is 2.47 bits per heavy atom. The van der Waals surface area contributed by atoms with Crippen molar-refractivity contribution in [2.75, 3.05) is 7.05 Å². The highest BCUT2D eigenvalue weighted by Gasteiger charge is 2.14. The number of halogens is 2. The number of nitrogens with one attached hydrogen (secondary N) is 1. The first-order valence-electron chi connectivity index (χ1n) is 6.14. The molecule has 4 heteroatoms. The van der Waals surface area contributed by atoms with Gasteiger partial charge in [0.1, 0.15) is 11.6 Å². The second-order valence-corrected chi connectivity index (χ2v) is 4.53. The first kappa shape index (κ1) is 13.6. The molecule has 0 saturated heterocycles. The highest BCUT2D eigenvalue weighted by atomic mass is 19.1. The predicted octanol–water partition coefficient (Wildman–Crippen LogP) is 3.17. The van der Waals surface area contributed by atoms with Crippen LogP contribution in [0.1, 0.15) is 22.9 Å². The minimum absolute atomic E-state index is 0.0672. The topological polar surface area (TPSA) is 24.9 Å². The van der Waals surface area contributed by atoms with Gasteiger partial charge in [-0.2, -0.15) is 0 Å². The maximum Gasteiger partial charge on any atom is 0.126 e. The van der Waals surface area contributed by atoms with Gasteiger partial charge in [-0.25, -0.2) is 8.78 Å². The molecule has 0 aliphatic carbocycles. The zero-order valence-corrected chi connectivity index (χ0v) is 11.0. The van der Waals surface area contributed by atoms with Crippen molar-refractivity contribution in [3.63, 3.8) is 0 Å². The zero-order chi connectivity index (χ0) is 13.8. The summed E-state index contributed by atoms with van der Waals surface area (Å²) in [5.74, 6) is -1.11. The van der Waals surface area contributed by atoms with Crippen LogP contribution >= 0.6 is 0 Å². The third-order valence-corrected chi connectivity index (χ3v) is 3.09. The molecule has 2 rings (SSSR count). The van der Waals surface area contributed by atoms with Gasteiger partial charge in [0, 0.05) is 12.3 Å². The van der Waals surface area contributed by atoms with Crippen LogP contribution in [0, 0.1) is 18.6 Å². The Kier molecular flexibility index (Phi) is 4.22. The van der Waals surface area contributed by atoms with Gasteiger partial charge in [0.05, 0.1) is 11.7 Å². The van der Waals surface area contributed by atoms with Gasteiger partial charge in [0.25, 0.3) is 0 Å². The second-order valence-electron chi connectivity index (χ2n) is 4.53. The van der Waals surface area contributed by atoms with Crippen LogP contribution in [0.4, 0.5) is 8.78 Å². The number of aromatic nitrogens is 1. The van der Waals surface area contributed by atoms with E-state index in [4.69, 9.17) is 0 Å². The molecule has 0 bridgehead atoms. The summed E-state index contributed by atoms with van der Waals surface area (Å²) in [5.41, 5.74) is 2.57. The molecule has 0 radical (unpaired) electrons. The lowest BCUT2D eigenvalue weighted by Crippen LogP contribution is -2.21. The molecular formula is C15H16F2N2. The van der Waals surface area contributed by atoms with Crippen molar-refractivity contribution in [3.05, 3.63) is 65.0 Å². The first-order chi connectivity index (χ1) is 9.10. The molecule has 0 fully saturated rings. The molecular weight excluding hydrogens is 246 g/mol. The molecule has 0 aliphatic rings. The molecule has 100 valence electrons. The van der Waals surface area contributed by atoms with Gasteiger partial charge >= 0.3 is 0 Å². The van der Waals surface area contributed by atoms with Gasteiger partial charge in [-0.15, -0.1) is 0 Å². The van der Waals surface area contributed by atoms with Crippen LogP contribution in [0.2, 0.25) is 0 Å². The quantitative estimate of drug-likeness (QED) is 0.915. The normalized spacial score (nSPS) is 12.4. The first-order valence-corrected chi connectivity index (χ1v) is 6.14. The monoisotopic (exact) mass is 262 g/mol. The van der Waals surface area contributed by atoms with E-state index in [0.29, 0.717) is 12.0 Å². The van der Waals surface area contributed by atoms with Crippen molar-refractivity contribution < 1.29 is 8.78 Å². The molecule has 2 nitrogen and oxygen atoms in total. The fourth-order valence-electron chi connectivity index (χ4n) is 2.16. The average Bonchev–Trinajstić information content (AvgIpc) is 2.36. The summed E-state index contributed by atoms with van der Waals surface area (Å²) in [6, 6.07) is 7.36. The fraction of sp³-hybridized carbons (Fsp3) is 0.267. The summed E-state index contributed by atoms with van der Waals surface area (Å²) in [6.07, 6.45) is 2.21. The smallest absolute Gasteiger partial charge is 0.126 e. The van der Waals surface area contributed by atoms with E-state index in [-0.39, 0.29) is 6.04 Å². The predicted molar refractivity (Wildman–Crippen MR) is 70.8 cm³/mol. The van der Waals surface area contributed by atoms with Crippen molar-refractivity contribution >= 4 is 0 Å². The largest absolute Gasteiger partial charge is 0.311 e. The highest BCUT2D eigenvalue weighted by molar-refractivity contribution is 5.25. The average molecular weight is 262 g/mol. The van der Waals surface area contributed by atoms with Crippen LogP contribution in [0.25, 0.3) is 0 Å². The third-order valence-electron chi connectivity index (χ3n) is 3.09.